The first-order valence-corrected chi connectivity index (χ1v) is 6.32. The molecular weight excluding hydrogens is 224 g/mol. The van der Waals surface area contributed by atoms with E-state index in [4.69, 9.17) is 5.84 Å². The Morgan fingerprint density at radius 2 is 1.88 bits per heavy atom. The molecule has 1 aromatic carbocycles. The fourth-order valence-corrected chi connectivity index (χ4v) is 2.40. The molecule has 5 heteroatoms. The van der Waals surface area contributed by atoms with E-state index in [1.807, 2.05) is 6.92 Å². The lowest BCUT2D eigenvalue weighted by Gasteiger charge is -2.20. The van der Waals surface area contributed by atoms with E-state index in [2.05, 4.69) is 6.58 Å². The zero-order valence-electron chi connectivity index (χ0n) is 9.42. The van der Waals surface area contributed by atoms with Gasteiger partial charge in [-0.25, -0.2) is 8.42 Å². The van der Waals surface area contributed by atoms with Crippen molar-refractivity contribution in [1.29, 1.82) is 0 Å². The van der Waals surface area contributed by atoms with Crippen LogP contribution in [0.5, 0.6) is 0 Å². The molecule has 88 valence electrons. The van der Waals surface area contributed by atoms with Gasteiger partial charge in [0.25, 0.3) is 10.0 Å². The van der Waals surface area contributed by atoms with E-state index in [0.717, 1.165) is 9.98 Å². The van der Waals surface area contributed by atoms with Gasteiger partial charge in [0.2, 0.25) is 0 Å². The van der Waals surface area contributed by atoms with Gasteiger partial charge >= 0.3 is 0 Å². The Morgan fingerprint density at radius 1 is 1.38 bits per heavy atom. The Hall–Kier alpha value is -1.17. The number of benzene rings is 1. The lowest BCUT2D eigenvalue weighted by molar-refractivity contribution is 0.391. The third-order valence-corrected chi connectivity index (χ3v) is 4.09. The minimum atomic E-state index is -3.63. The Labute approximate surface area is 96.4 Å². The van der Waals surface area contributed by atoms with E-state index < -0.39 is 16.1 Å². The number of nitrogens with two attached hydrogens (primary N) is 1. The van der Waals surface area contributed by atoms with Crippen LogP contribution >= 0.6 is 0 Å². The SMILES string of the molecule is C=CC(C)N(N)S(=O)(=O)c1ccc(C)cc1. The second-order valence-electron chi connectivity index (χ2n) is 3.62. The molecule has 0 amide bonds. The maximum atomic E-state index is 12.0. The van der Waals surface area contributed by atoms with Gasteiger partial charge in [-0.2, -0.15) is 0 Å². The van der Waals surface area contributed by atoms with Crippen molar-refractivity contribution < 1.29 is 8.42 Å². The molecule has 16 heavy (non-hydrogen) atoms. The molecular formula is C11H16N2O2S. The molecule has 2 N–H and O–H groups in total. The third kappa shape index (κ3) is 2.49. The average molecular weight is 240 g/mol. The summed E-state index contributed by atoms with van der Waals surface area (Å²) in [6.45, 7) is 7.07. The van der Waals surface area contributed by atoms with Crippen LogP contribution in [0.25, 0.3) is 0 Å². The number of hydrazine groups is 1. The fourth-order valence-electron chi connectivity index (χ4n) is 1.15. The molecule has 0 aliphatic carbocycles. The van der Waals surface area contributed by atoms with Gasteiger partial charge in [-0.15, -0.1) is 11.0 Å². The molecule has 1 aromatic rings. The van der Waals surface area contributed by atoms with Crippen molar-refractivity contribution >= 4 is 10.0 Å². The zero-order valence-corrected chi connectivity index (χ0v) is 10.2. The van der Waals surface area contributed by atoms with Crippen LogP contribution in [0.4, 0.5) is 0 Å². The highest BCUT2D eigenvalue weighted by molar-refractivity contribution is 7.89. The number of nitrogens with zero attached hydrogens (tertiary/aromatic N) is 1. The lowest BCUT2D eigenvalue weighted by atomic mass is 10.2. The molecule has 1 rings (SSSR count). The molecule has 0 bridgehead atoms. The summed E-state index contributed by atoms with van der Waals surface area (Å²) in [4.78, 5) is 0.189. The summed E-state index contributed by atoms with van der Waals surface area (Å²) in [5.74, 6) is 5.55. The van der Waals surface area contributed by atoms with E-state index in [1.165, 1.54) is 6.08 Å². The first kappa shape index (κ1) is 12.9. The van der Waals surface area contributed by atoms with Crippen LogP contribution in [-0.4, -0.2) is 18.9 Å². The smallest absolute Gasteiger partial charge is 0.254 e. The molecule has 1 atom stereocenters. The van der Waals surface area contributed by atoms with Gasteiger partial charge in [0.15, 0.2) is 0 Å². The second kappa shape index (κ2) is 4.78. The maximum Gasteiger partial charge on any atom is 0.256 e. The fraction of sp³-hybridized carbons (Fsp3) is 0.273. The van der Waals surface area contributed by atoms with Crippen LogP contribution in [0.3, 0.4) is 0 Å². The maximum absolute atomic E-state index is 12.0. The van der Waals surface area contributed by atoms with Gasteiger partial charge < -0.3 is 0 Å². The van der Waals surface area contributed by atoms with Crippen LogP contribution in [0.1, 0.15) is 12.5 Å². The summed E-state index contributed by atoms with van der Waals surface area (Å²) in [5.41, 5.74) is 0.999. The summed E-state index contributed by atoms with van der Waals surface area (Å²) >= 11 is 0. The van der Waals surface area contributed by atoms with Crippen LogP contribution in [-0.2, 0) is 10.0 Å². The van der Waals surface area contributed by atoms with Crippen molar-refractivity contribution in [2.75, 3.05) is 0 Å². The van der Waals surface area contributed by atoms with E-state index in [-0.39, 0.29) is 4.90 Å². The lowest BCUT2D eigenvalue weighted by Crippen LogP contribution is -2.42. The van der Waals surface area contributed by atoms with Crippen LogP contribution in [0.15, 0.2) is 41.8 Å². The standard InChI is InChI=1S/C11H16N2O2S/c1-4-10(3)13(12)16(14,15)11-7-5-9(2)6-8-11/h4-8,10H,1,12H2,2-3H3. The van der Waals surface area contributed by atoms with E-state index in [0.29, 0.717) is 0 Å². The second-order valence-corrected chi connectivity index (χ2v) is 5.47. The normalized spacial score (nSPS) is 13.8. The Kier molecular flexibility index (Phi) is 3.85. The third-order valence-electron chi connectivity index (χ3n) is 2.34. The number of rotatable bonds is 4. The molecule has 0 aliphatic heterocycles. The number of hydrogen-bond donors (Lipinski definition) is 1. The van der Waals surface area contributed by atoms with Gasteiger partial charge in [-0.05, 0) is 26.0 Å². The molecule has 0 aromatic heterocycles. The summed E-state index contributed by atoms with van der Waals surface area (Å²) in [7, 11) is -3.63. The van der Waals surface area contributed by atoms with Crippen molar-refractivity contribution in [1.82, 2.24) is 4.41 Å². The van der Waals surface area contributed by atoms with Crippen molar-refractivity contribution in [3.05, 3.63) is 42.5 Å². The quantitative estimate of drug-likeness (QED) is 0.492. The van der Waals surface area contributed by atoms with Crippen molar-refractivity contribution in [3.8, 4) is 0 Å². The monoisotopic (exact) mass is 240 g/mol. The molecule has 0 heterocycles. The minimum Gasteiger partial charge on any atom is -0.254 e. The molecule has 0 fully saturated rings. The van der Waals surface area contributed by atoms with Crippen molar-refractivity contribution in [2.45, 2.75) is 24.8 Å². The molecule has 1 unspecified atom stereocenters. The Bertz CT molecular complexity index is 465. The van der Waals surface area contributed by atoms with Gasteiger partial charge in [0.05, 0.1) is 10.9 Å². The predicted molar refractivity (Wildman–Crippen MR) is 64.1 cm³/mol. The molecule has 0 aliphatic rings. The predicted octanol–water partition coefficient (Wildman–Crippen LogP) is 1.43. The van der Waals surface area contributed by atoms with Crippen molar-refractivity contribution in [2.24, 2.45) is 5.84 Å². The van der Waals surface area contributed by atoms with Crippen LogP contribution < -0.4 is 5.84 Å². The van der Waals surface area contributed by atoms with E-state index >= 15 is 0 Å². The molecule has 0 saturated carbocycles. The number of aryl methyl sites for hydroxylation is 1. The molecule has 0 spiro atoms. The highest BCUT2D eigenvalue weighted by Gasteiger charge is 2.24. The Balaban J connectivity index is 3.11. The summed E-state index contributed by atoms with van der Waals surface area (Å²) in [6.07, 6.45) is 1.48. The van der Waals surface area contributed by atoms with Crippen LogP contribution in [0.2, 0.25) is 0 Å². The van der Waals surface area contributed by atoms with Gasteiger partial charge in [0, 0.05) is 0 Å². The highest BCUT2D eigenvalue weighted by atomic mass is 32.2. The average Bonchev–Trinajstić information content (AvgIpc) is 2.27. The first-order valence-electron chi connectivity index (χ1n) is 4.88. The van der Waals surface area contributed by atoms with Gasteiger partial charge in [0.1, 0.15) is 0 Å². The Morgan fingerprint density at radius 3 is 2.31 bits per heavy atom. The summed E-state index contributed by atoms with van der Waals surface area (Å²) in [6, 6.07) is 6.12. The van der Waals surface area contributed by atoms with Gasteiger partial charge in [-0.1, -0.05) is 23.8 Å². The molecule has 0 radical (unpaired) electrons. The number of sulfonamides is 1. The van der Waals surface area contributed by atoms with E-state index in [1.54, 1.807) is 31.2 Å². The molecule has 0 saturated heterocycles. The summed E-state index contributed by atoms with van der Waals surface area (Å²) < 4.78 is 24.8. The largest absolute Gasteiger partial charge is 0.256 e. The summed E-state index contributed by atoms with van der Waals surface area (Å²) in [5, 5.41) is 0. The van der Waals surface area contributed by atoms with E-state index in [9.17, 15) is 8.42 Å². The van der Waals surface area contributed by atoms with Gasteiger partial charge in [-0.3, -0.25) is 5.84 Å². The molecule has 4 nitrogen and oxygen atoms in total. The topological polar surface area (TPSA) is 63.4 Å². The van der Waals surface area contributed by atoms with Crippen LogP contribution in [0, 0.1) is 6.92 Å². The first-order chi connectivity index (χ1) is 7.39. The number of hydrogen-bond acceptors (Lipinski definition) is 3. The minimum absolute atomic E-state index is 0.189. The zero-order chi connectivity index (χ0) is 12.3. The highest BCUT2D eigenvalue weighted by Crippen LogP contribution is 2.15. The van der Waals surface area contributed by atoms with Crippen molar-refractivity contribution in [3.63, 3.8) is 0 Å².